The molecule has 0 aliphatic heterocycles. The van der Waals surface area contributed by atoms with Gasteiger partial charge in [0.15, 0.2) is 0 Å². The maximum atomic E-state index is 6.33. The predicted molar refractivity (Wildman–Crippen MR) is 90.2 cm³/mol. The Hall–Kier alpha value is -0.0700. The van der Waals surface area contributed by atoms with Gasteiger partial charge in [-0.05, 0) is 42.4 Å². The number of thiophene rings is 1. The van der Waals surface area contributed by atoms with E-state index in [4.69, 9.17) is 23.2 Å². The van der Waals surface area contributed by atoms with Crippen molar-refractivity contribution in [1.82, 2.24) is 15.1 Å². The summed E-state index contributed by atoms with van der Waals surface area (Å²) in [7, 11) is 0. The van der Waals surface area contributed by atoms with Gasteiger partial charge in [0.2, 0.25) is 0 Å². The number of aromatic nitrogens is 2. The summed E-state index contributed by atoms with van der Waals surface area (Å²) in [6.07, 6.45) is 1.82. The summed E-state index contributed by atoms with van der Waals surface area (Å²) in [4.78, 5) is 0. The monoisotopic (exact) mass is 395 g/mol. The Balaban J connectivity index is 2.54. The highest BCUT2D eigenvalue weighted by molar-refractivity contribution is 9.10. The molecule has 2 aromatic rings. The van der Waals surface area contributed by atoms with Gasteiger partial charge in [-0.3, -0.25) is 4.68 Å². The molecule has 0 aliphatic carbocycles. The molecule has 1 unspecified atom stereocenters. The van der Waals surface area contributed by atoms with Crippen molar-refractivity contribution in [3.05, 3.63) is 36.7 Å². The molecule has 0 amide bonds. The normalized spacial score (nSPS) is 13.2. The Kier molecular flexibility index (Phi) is 5.54. The van der Waals surface area contributed by atoms with Crippen LogP contribution in [0.1, 0.15) is 44.1 Å². The topological polar surface area (TPSA) is 29.9 Å². The van der Waals surface area contributed by atoms with Crippen molar-refractivity contribution in [3.8, 4) is 0 Å². The minimum absolute atomic E-state index is 0.0319. The number of nitrogens with zero attached hydrogens (tertiary/aromatic N) is 2. The van der Waals surface area contributed by atoms with Crippen molar-refractivity contribution < 1.29 is 0 Å². The van der Waals surface area contributed by atoms with E-state index < -0.39 is 0 Å². The smallest absolute Gasteiger partial charge is 0.0996 e. The molecule has 0 aromatic carbocycles. The summed E-state index contributed by atoms with van der Waals surface area (Å²) < 4.78 is 4.37. The minimum Gasteiger partial charge on any atom is -0.305 e. The molecule has 0 spiro atoms. The lowest BCUT2D eigenvalue weighted by molar-refractivity contribution is 0.475. The van der Waals surface area contributed by atoms with E-state index in [0.29, 0.717) is 8.67 Å². The van der Waals surface area contributed by atoms with E-state index in [-0.39, 0.29) is 12.1 Å². The molecule has 7 heteroatoms. The van der Waals surface area contributed by atoms with E-state index in [2.05, 4.69) is 47.1 Å². The van der Waals surface area contributed by atoms with Crippen LogP contribution < -0.4 is 5.32 Å². The Morgan fingerprint density at radius 3 is 2.65 bits per heavy atom. The van der Waals surface area contributed by atoms with Gasteiger partial charge in [-0.25, -0.2) is 0 Å². The third-order valence-electron chi connectivity index (χ3n) is 2.95. The molecule has 0 saturated heterocycles. The first-order valence-electron chi connectivity index (χ1n) is 6.36. The van der Waals surface area contributed by atoms with Crippen molar-refractivity contribution >= 4 is 50.5 Å². The fraction of sp³-hybridized carbons (Fsp3) is 0.462. The van der Waals surface area contributed by atoms with Crippen molar-refractivity contribution in [1.29, 1.82) is 0 Å². The molecule has 0 saturated carbocycles. The van der Waals surface area contributed by atoms with E-state index in [1.165, 1.54) is 11.3 Å². The maximum absolute atomic E-state index is 6.33. The quantitative estimate of drug-likeness (QED) is 0.743. The zero-order valence-electron chi connectivity index (χ0n) is 11.5. The van der Waals surface area contributed by atoms with Gasteiger partial charge < -0.3 is 5.32 Å². The van der Waals surface area contributed by atoms with Crippen LogP contribution in [0.2, 0.25) is 8.67 Å². The second-order valence-corrected chi connectivity index (χ2v) is 7.83. The predicted octanol–water partition coefficient (Wildman–Crippen LogP) is 5.29. The minimum atomic E-state index is -0.0319. The molecule has 2 aromatic heterocycles. The highest BCUT2D eigenvalue weighted by atomic mass is 79.9. The molecule has 0 fully saturated rings. The molecule has 0 radical (unpaired) electrons. The first-order valence-corrected chi connectivity index (χ1v) is 8.73. The van der Waals surface area contributed by atoms with Gasteiger partial charge in [-0.1, -0.05) is 30.1 Å². The van der Waals surface area contributed by atoms with Crippen LogP contribution in [0.4, 0.5) is 0 Å². The number of nitrogens with one attached hydrogen (secondary N) is 1. The Bertz CT molecular complexity index is 594. The maximum Gasteiger partial charge on any atom is 0.0996 e. The number of hydrogen-bond donors (Lipinski definition) is 1. The Labute approximate surface area is 141 Å². The zero-order valence-corrected chi connectivity index (χ0v) is 15.4. The molecule has 110 valence electrons. The summed E-state index contributed by atoms with van der Waals surface area (Å²) in [5.41, 5.74) is 2.06. The van der Waals surface area contributed by atoms with Gasteiger partial charge in [-0.15, -0.1) is 11.3 Å². The largest absolute Gasteiger partial charge is 0.305 e. The zero-order chi connectivity index (χ0) is 14.9. The van der Waals surface area contributed by atoms with Gasteiger partial charge in [0, 0.05) is 11.6 Å². The molecule has 1 N–H and O–H groups in total. The highest BCUT2D eigenvalue weighted by Crippen LogP contribution is 2.39. The summed E-state index contributed by atoms with van der Waals surface area (Å²) >= 11 is 17.4. The summed E-state index contributed by atoms with van der Waals surface area (Å²) in [6.45, 7) is 7.10. The van der Waals surface area contributed by atoms with Crippen molar-refractivity contribution in [3.63, 3.8) is 0 Å². The molecular weight excluding hydrogens is 381 g/mol. The lowest BCUT2D eigenvalue weighted by Crippen LogP contribution is -2.25. The summed E-state index contributed by atoms with van der Waals surface area (Å²) in [5.74, 6) is 0. The summed E-state index contributed by atoms with van der Waals surface area (Å²) in [6, 6.07) is 2.16. The third-order valence-corrected chi connectivity index (χ3v) is 5.08. The van der Waals surface area contributed by atoms with Crippen molar-refractivity contribution in [2.75, 3.05) is 6.54 Å². The van der Waals surface area contributed by atoms with E-state index in [0.717, 1.165) is 22.3 Å². The molecule has 2 heterocycles. The van der Waals surface area contributed by atoms with Gasteiger partial charge >= 0.3 is 0 Å². The lowest BCUT2D eigenvalue weighted by Gasteiger charge is -2.21. The van der Waals surface area contributed by atoms with Crippen LogP contribution in [0.5, 0.6) is 0 Å². The molecule has 0 aliphatic rings. The Morgan fingerprint density at radius 2 is 2.15 bits per heavy atom. The van der Waals surface area contributed by atoms with Crippen LogP contribution in [0.25, 0.3) is 0 Å². The van der Waals surface area contributed by atoms with Crippen LogP contribution in [-0.4, -0.2) is 16.3 Å². The molecule has 2 rings (SSSR count). The van der Waals surface area contributed by atoms with Gasteiger partial charge in [0.05, 0.1) is 31.1 Å². The second kappa shape index (κ2) is 6.79. The Morgan fingerprint density at radius 1 is 1.45 bits per heavy atom. The molecule has 3 nitrogen and oxygen atoms in total. The molecule has 0 bridgehead atoms. The fourth-order valence-corrected chi connectivity index (χ4v) is 4.17. The highest BCUT2D eigenvalue weighted by Gasteiger charge is 2.25. The van der Waals surface area contributed by atoms with Crippen LogP contribution in [0.3, 0.4) is 0 Å². The van der Waals surface area contributed by atoms with Crippen LogP contribution in [-0.2, 0) is 0 Å². The standard InChI is InChI=1S/C13H16BrCl2N3S/c1-4-17-11(8-5-10(15)20-13(8)16)12-9(14)6-18-19(12)7(2)3/h5-7,11,17H,4H2,1-3H3. The molecular formula is C13H16BrCl2N3S. The lowest BCUT2D eigenvalue weighted by atomic mass is 10.1. The van der Waals surface area contributed by atoms with Crippen LogP contribution in [0.15, 0.2) is 16.7 Å². The average molecular weight is 397 g/mol. The fourth-order valence-electron chi connectivity index (χ4n) is 2.14. The van der Waals surface area contributed by atoms with Crippen LogP contribution in [0, 0.1) is 0 Å². The van der Waals surface area contributed by atoms with Gasteiger partial charge in [0.1, 0.15) is 0 Å². The second-order valence-electron chi connectivity index (χ2n) is 4.69. The first kappa shape index (κ1) is 16.3. The summed E-state index contributed by atoms with van der Waals surface area (Å²) in [5, 5.41) is 7.90. The SMILES string of the molecule is CCNC(c1cc(Cl)sc1Cl)c1c(Br)cnn1C(C)C. The number of rotatable bonds is 5. The van der Waals surface area contributed by atoms with E-state index in [1.54, 1.807) is 0 Å². The van der Waals surface area contributed by atoms with E-state index >= 15 is 0 Å². The van der Waals surface area contributed by atoms with Crippen LogP contribution >= 0.6 is 50.5 Å². The average Bonchev–Trinajstić information content (AvgIpc) is 2.90. The molecule has 20 heavy (non-hydrogen) atoms. The van der Waals surface area contributed by atoms with Gasteiger partial charge in [0.25, 0.3) is 0 Å². The number of hydrogen-bond acceptors (Lipinski definition) is 3. The first-order chi connectivity index (χ1) is 9.45. The number of halogens is 3. The molecule has 1 atom stereocenters. The van der Waals surface area contributed by atoms with Crippen molar-refractivity contribution in [2.24, 2.45) is 0 Å². The van der Waals surface area contributed by atoms with Crippen molar-refractivity contribution in [2.45, 2.75) is 32.9 Å². The van der Waals surface area contributed by atoms with E-state index in [9.17, 15) is 0 Å². The van der Waals surface area contributed by atoms with E-state index in [1.807, 2.05) is 16.9 Å². The third kappa shape index (κ3) is 3.22. The van der Waals surface area contributed by atoms with Gasteiger partial charge in [-0.2, -0.15) is 5.10 Å².